The summed E-state index contributed by atoms with van der Waals surface area (Å²) in [6, 6.07) is 0. The molecule has 0 aromatic carbocycles. The number of hydrogen-bond acceptors (Lipinski definition) is 6. The van der Waals surface area contributed by atoms with Gasteiger partial charge in [0.15, 0.2) is 6.10 Å². The molecular weight excluding hydrogens is 394 g/mol. The van der Waals surface area contributed by atoms with E-state index in [9.17, 15) is 14.7 Å². The van der Waals surface area contributed by atoms with Gasteiger partial charge < -0.3 is 19.5 Å². The van der Waals surface area contributed by atoms with Crippen LogP contribution in [0.5, 0.6) is 0 Å². The maximum absolute atomic E-state index is 11.8. The Labute approximate surface area is 191 Å². The summed E-state index contributed by atoms with van der Waals surface area (Å²) in [5.74, 6) is -0.654. The summed E-state index contributed by atoms with van der Waals surface area (Å²) in [7, 11) is 3.89. The lowest BCUT2D eigenvalue weighted by molar-refractivity contribution is -0.161. The van der Waals surface area contributed by atoms with Crippen molar-refractivity contribution in [2.24, 2.45) is 0 Å². The Bertz CT molecular complexity index is 428. The predicted octanol–water partition coefficient (Wildman–Crippen LogP) is 5.26. The zero-order valence-electron chi connectivity index (χ0n) is 20.5. The van der Waals surface area contributed by atoms with Crippen LogP contribution in [0, 0.1) is 0 Å². The summed E-state index contributed by atoms with van der Waals surface area (Å²) in [6.07, 6.45) is 17.0. The first-order valence-corrected chi connectivity index (χ1v) is 12.6. The van der Waals surface area contributed by atoms with Crippen LogP contribution in [0.1, 0.15) is 110 Å². The Morgan fingerprint density at radius 1 is 0.742 bits per heavy atom. The van der Waals surface area contributed by atoms with Gasteiger partial charge in [-0.05, 0) is 33.5 Å². The fraction of sp³-hybridized carbons (Fsp3) is 0.920. The molecule has 0 saturated heterocycles. The van der Waals surface area contributed by atoms with Gasteiger partial charge >= 0.3 is 11.9 Å². The first-order chi connectivity index (χ1) is 15.0. The van der Waals surface area contributed by atoms with Crippen LogP contribution in [0.25, 0.3) is 0 Å². The van der Waals surface area contributed by atoms with E-state index >= 15 is 0 Å². The molecule has 0 aliphatic rings. The third kappa shape index (κ3) is 21.9. The summed E-state index contributed by atoms with van der Waals surface area (Å²) in [5.41, 5.74) is 0. The molecule has 0 unspecified atom stereocenters. The second kappa shape index (κ2) is 22.1. The maximum Gasteiger partial charge on any atom is 0.306 e. The molecule has 0 rings (SSSR count). The Kier molecular flexibility index (Phi) is 21.3. The average Bonchev–Trinajstić information content (AvgIpc) is 2.74. The van der Waals surface area contributed by atoms with Gasteiger partial charge in [-0.1, -0.05) is 84.0 Å². The monoisotopic (exact) mass is 443 g/mol. The van der Waals surface area contributed by atoms with Crippen molar-refractivity contribution in [1.29, 1.82) is 0 Å². The number of esters is 2. The predicted molar refractivity (Wildman–Crippen MR) is 126 cm³/mol. The number of carbonyl (C=O) groups excluding carboxylic acids is 2. The van der Waals surface area contributed by atoms with E-state index in [1.165, 1.54) is 64.2 Å². The minimum atomic E-state index is -0.776. The summed E-state index contributed by atoms with van der Waals surface area (Å²) < 4.78 is 10.3. The van der Waals surface area contributed by atoms with Gasteiger partial charge in [0.2, 0.25) is 0 Å². The van der Waals surface area contributed by atoms with Gasteiger partial charge in [0.1, 0.15) is 6.61 Å². The fourth-order valence-corrected chi connectivity index (χ4v) is 3.45. The number of rotatable bonds is 22. The van der Waals surface area contributed by atoms with Crippen LogP contribution in [0.15, 0.2) is 0 Å². The zero-order valence-corrected chi connectivity index (χ0v) is 20.5. The third-order valence-corrected chi connectivity index (χ3v) is 5.40. The van der Waals surface area contributed by atoms with E-state index in [4.69, 9.17) is 9.47 Å². The van der Waals surface area contributed by atoms with Crippen molar-refractivity contribution in [3.63, 3.8) is 0 Å². The van der Waals surface area contributed by atoms with Crippen molar-refractivity contribution in [2.75, 3.05) is 33.9 Å². The van der Waals surface area contributed by atoms with Crippen molar-refractivity contribution in [3.8, 4) is 0 Å². The van der Waals surface area contributed by atoms with Gasteiger partial charge in [0, 0.05) is 12.8 Å². The molecule has 0 spiro atoms. The van der Waals surface area contributed by atoms with E-state index in [1.807, 2.05) is 19.0 Å². The Hall–Kier alpha value is -1.14. The summed E-state index contributed by atoms with van der Waals surface area (Å²) >= 11 is 0. The highest BCUT2D eigenvalue weighted by Crippen LogP contribution is 2.13. The topological polar surface area (TPSA) is 76.1 Å². The molecule has 184 valence electrons. The molecule has 0 aromatic rings. The lowest BCUT2D eigenvalue weighted by Gasteiger charge is -2.16. The highest BCUT2D eigenvalue weighted by molar-refractivity contribution is 5.70. The van der Waals surface area contributed by atoms with Gasteiger partial charge in [0.05, 0.1) is 6.61 Å². The number of ether oxygens (including phenoxy) is 2. The van der Waals surface area contributed by atoms with Gasteiger partial charge in [-0.3, -0.25) is 9.59 Å². The number of unbranched alkanes of at least 4 members (excludes halogenated alkanes) is 12. The lowest BCUT2D eigenvalue weighted by atomic mass is 10.0. The largest absolute Gasteiger partial charge is 0.462 e. The molecule has 1 N–H and O–H groups in total. The van der Waals surface area contributed by atoms with E-state index in [1.54, 1.807) is 0 Å². The quantitative estimate of drug-likeness (QED) is 0.182. The fourth-order valence-electron chi connectivity index (χ4n) is 3.45. The Morgan fingerprint density at radius 3 is 1.71 bits per heavy atom. The first kappa shape index (κ1) is 29.9. The van der Waals surface area contributed by atoms with E-state index in [0.717, 1.165) is 25.8 Å². The van der Waals surface area contributed by atoms with E-state index < -0.39 is 6.10 Å². The van der Waals surface area contributed by atoms with Crippen LogP contribution < -0.4 is 0 Å². The van der Waals surface area contributed by atoms with Crippen LogP contribution in [-0.2, 0) is 19.1 Å². The molecule has 0 fully saturated rings. The van der Waals surface area contributed by atoms with Crippen LogP contribution in [0.2, 0.25) is 0 Å². The summed E-state index contributed by atoms with van der Waals surface area (Å²) in [5, 5.41) is 9.32. The number of hydrogen-bond donors (Lipinski definition) is 1. The van der Waals surface area contributed by atoms with Gasteiger partial charge in [-0.15, -0.1) is 0 Å². The van der Waals surface area contributed by atoms with E-state index in [-0.39, 0.29) is 25.2 Å². The minimum Gasteiger partial charge on any atom is -0.462 e. The minimum absolute atomic E-state index is 0.0762. The Balaban J connectivity index is 3.54. The molecule has 0 saturated carbocycles. The number of nitrogens with zero attached hydrogens (tertiary/aromatic N) is 1. The Morgan fingerprint density at radius 2 is 1.23 bits per heavy atom. The van der Waals surface area contributed by atoms with Crippen molar-refractivity contribution in [1.82, 2.24) is 4.90 Å². The van der Waals surface area contributed by atoms with E-state index in [0.29, 0.717) is 19.3 Å². The van der Waals surface area contributed by atoms with Gasteiger partial charge in [0.25, 0.3) is 0 Å². The molecule has 0 heterocycles. The van der Waals surface area contributed by atoms with Crippen molar-refractivity contribution < 1.29 is 24.2 Å². The molecule has 31 heavy (non-hydrogen) atoms. The van der Waals surface area contributed by atoms with Crippen LogP contribution >= 0.6 is 0 Å². The van der Waals surface area contributed by atoms with Gasteiger partial charge in [-0.25, -0.2) is 0 Å². The van der Waals surface area contributed by atoms with Crippen molar-refractivity contribution >= 4 is 11.9 Å². The van der Waals surface area contributed by atoms with Crippen LogP contribution in [-0.4, -0.2) is 61.9 Å². The number of aliphatic hydroxyl groups excluding tert-OH is 1. The highest BCUT2D eigenvalue weighted by Gasteiger charge is 2.16. The number of carbonyl (C=O) groups is 2. The molecule has 0 amide bonds. The molecule has 0 radical (unpaired) electrons. The molecule has 1 atom stereocenters. The third-order valence-electron chi connectivity index (χ3n) is 5.40. The molecule has 0 aliphatic carbocycles. The molecule has 0 aliphatic heterocycles. The van der Waals surface area contributed by atoms with E-state index in [2.05, 4.69) is 6.92 Å². The maximum atomic E-state index is 11.8. The molecular formula is C25H49NO5. The zero-order chi connectivity index (χ0) is 23.2. The van der Waals surface area contributed by atoms with Crippen molar-refractivity contribution in [3.05, 3.63) is 0 Å². The molecule has 6 nitrogen and oxygen atoms in total. The summed E-state index contributed by atoms with van der Waals surface area (Å²) in [4.78, 5) is 25.6. The molecule has 0 bridgehead atoms. The molecule has 6 heteroatoms. The molecule has 0 aromatic heterocycles. The SMILES string of the molecule is CCCCCCCCCCCCCCCC(=O)OC[C@@H](CO)OC(=O)CCCN(C)C. The second-order valence-corrected chi connectivity index (χ2v) is 8.88. The van der Waals surface area contributed by atoms with Crippen LogP contribution in [0.4, 0.5) is 0 Å². The normalized spacial score (nSPS) is 12.2. The first-order valence-electron chi connectivity index (χ1n) is 12.6. The standard InChI is InChI=1S/C25H49NO5/c1-4-5-6-7-8-9-10-11-12-13-14-15-16-18-24(28)30-22-23(21-27)31-25(29)19-17-20-26(2)3/h23,27H,4-22H2,1-3H3/t23-/m1/s1. The van der Waals surface area contributed by atoms with Crippen molar-refractivity contribution in [2.45, 2.75) is 116 Å². The van der Waals surface area contributed by atoms with Crippen LogP contribution in [0.3, 0.4) is 0 Å². The smallest absolute Gasteiger partial charge is 0.306 e. The lowest BCUT2D eigenvalue weighted by Crippen LogP contribution is -2.28. The van der Waals surface area contributed by atoms with Gasteiger partial charge in [-0.2, -0.15) is 0 Å². The average molecular weight is 444 g/mol. The number of aliphatic hydroxyl groups is 1. The second-order valence-electron chi connectivity index (χ2n) is 8.88. The highest BCUT2D eigenvalue weighted by atomic mass is 16.6. The summed E-state index contributed by atoms with van der Waals surface area (Å²) in [6.45, 7) is 2.63.